The van der Waals surface area contributed by atoms with Gasteiger partial charge in [0.25, 0.3) is 0 Å². The zero-order chi connectivity index (χ0) is 12.8. The van der Waals surface area contributed by atoms with Gasteiger partial charge in [-0.05, 0) is 49.9 Å². The summed E-state index contributed by atoms with van der Waals surface area (Å²) in [6.07, 6.45) is 7.43. The summed E-state index contributed by atoms with van der Waals surface area (Å²) in [6.45, 7) is 1.65. The Morgan fingerprint density at radius 2 is 2.28 bits per heavy atom. The van der Waals surface area contributed by atoms with Gasteiger partial charge in [-0.3, -0.25) is 0 Å². The van der Waals surface area contributed by atoms with E-state index >= 15 is 0 Å². The van der Waals surface area contributed by atoms with E-state index in [9.17, 15) is 0 Å². The second-order valence-electron chi connectivity index (χ2n) is 4.80. The van der Waals surface area contributed by atoms with Crippen molar-refractivity contribution in [2.45, 2.75) is 31.7 Å². The maximum atomic E-state index is 5.86. The summed E-state index contributed by atoms with van der Waals surface area (Å²) in [5.41, 5.74) is 8.72. The molecular weight excluding hydrogens is 288 g/mol. The van der Waals surface area contributed by atoms with E-state index in [-0.39, 0.29) is 6.04 Å². The van der Waals surface area contributed by atoms with E-state index < -0.39 is 0 Å². The van der Waals surface area contributed by atoms with Crippen molar-refractivity contribution in [3.05, 3.63) is 46.0 Å². The average Bonchev–Trinajstić information content (AvgIpc) is 2.88. The van der Waals surface area contributed by atoms with Gasteiger partial charge in [0, 0.05) is 17.1 Å². The van der Waals surface area contributed by atoms with Crippen molar-refractivity contribution in [3.8, 4) is 0 Å². The highest BCUT2D eigenvalue weighted by Crippen LogP contribution is 2.21. The first kappa shape index (κ1) is 13.8. The summed E-state index contributed by atoms with van der Waals surface area (Å²) >= 11 is 3.50. The van der Waals surface area contributed by atoms with Crippen LogP contribution in [0.2, 0.25) is 0 Å². The van der Waals surface area contributed by atoms with E-state index in [4.69, 9.17) is 5.73 Å². The third-order valence-electron chi connectivity index (χ3n) is 3.46. The molecule has 0 aliphatic heterocycles. The molecule has 0 saturated carbocycles. The molecule has 0 aromatic heterocycles. The average molecular weight is 309 g/mol. The SMILES string of the molecule is NCC(NCCC1=CCCC1)c1cccc(Br)c1. The molecule has 0 spiro atoms. The summed E-state index contributed by atoms with van der Waals surface area (Å²) in [5.74, 6) is 0. The lowest BCUT2D eigenvalue weighted by molar-refractivity contribution is 0.542. The van der Waals surface area contributed by atoms with Crippen molar-refractivity contribution in [1.82, 2.24) is 5.32 Å². The lowest BCUT2D eigenvalue weighted by Crippen LogP contribution is -2.29. The Morgan fingerprint density at radius 3 is 2.94 bits per heavy atom. The molecule has 0 radical (unpaired) electrons. The van der Waals surface area contributed by atoms with Crippen molar-refractivity contribution < 1.29 is 0 Å². The van der Waals surface area contributed by atoms with Crippen LogP contribution in [0.4, 0.5) is 0 Å². The molecule has 1 atom stereocenters. The number of hydrogen-bond donors (Lipinski definition) is 2. The third kappa shape index (κ3) is 3.94. The van der Waals surface area contributed by atoms with Gasteiger partial charge in [-0.25, -0.2) is 0 Å². The predicted octanol–water partition coefficient (Wildman–Crippen LogP) is 3.54. The maximum absolute atomic E-state index is 5.86. The first-order valence-electron chi connectivity index (χ1n) is 6.66. The summed E-state index contributed by atoms with van der Waals surface area (Å²) in [4.78, 5) is 0. The molecule has 0 fully saturated rings. The normalized spacial score (nSPS) is 16.7. The van der Waals surface area contributed by atoms with E-state index in [2.05, 4.69) is 45.5 Å². The van der Waals surface area contributed by atoms with E-state index in [0.29, 0.717) is 6.54 Å². The zero-order valence-corrected chi connectivity index (χ0v) is 12.2. The van der Waals surface area contributed by atoms with Gasteiger partial charge < -0.3 is 11.1 Å². The molecule has 3 heteroatoms. The highest BCUT2D eigenvalue weighted by atomic mass is 79.9. The third-order valence-corrected chi connectivity index (χ3v) is 3.95. The number of benzene rings is 1. The van der Waals surface area contributed by atoms with Crippen molar-refractivity contribution in [2.75, 3.05) is 13.1 Å². The molecule has 0 amide bonds. The maximum Gasteiger partial charge on any atom is 0.0445 e. The van der Waals surface area contributed by atoms with Crippen LogP contribution in [0, 0.1) is 0 Å². The fourth-order valence-corrected chi connectivity index (χ4v) is 2.85. The van der Waals surface area contributed by atoms with Crippen LogP contribution >= 0.6 is 15.9 Å². The second-order valence-corrected chi connectivity index (χ2v) is 5.72. The molecule has 1 aliphatic rings. The fourth-order valence-electron chi connectivity index (χ4n) is 2.43. The summed E-state index contributed by atoms with van der Waals surface area (Å²) < 4.78 is 1.11. The highest BCUT2D eigenvalue weighted by Gasteiger charge is 2.10. The van der Waals surface area contributed by atoms with Gasteiger partial charge in [0.1, 0.15) is 0 Å². The Kier molecular flexibility index (Phi) is 5.42. The molecule has 18 heavy (non-hydrogen) atoms. The molecule has 1 aromatic rings. The van der Waals surface area contributed by atoms with Crippen LogP contribution in [0.15, 0.2) is 40.4 Å². The summed E-state index contributed by atoms with van der Waals surface area (Å²) in [6, 6.07) is 8.62. The highest BCUT2D eigenvalue weighted by molar-refractivity contribution is 9.10. The van der Waals surface area contributed by atoms with E-state index in [1.165, 1.54) is 24.8 Å². The largest absolute Gasteiger partial charge is 0.329 e. The van der Waals surface area contributed by atoms with Crippen LogP contribution in [-0.2, 0) is 0 Å². The second kappa shape index (κ2) is 7.07. The topological polar surface area (TPSA) is 38.0 Å². The monoisotopic (exact) mass is 308 g/mol. The Balaban J connectivity index is 1.85. The van der Waals surface area contributed by atoms with Gasteiger partial charge in [0.15, 0.2) is 0 Å². The number of nitrogens with two attached hydrogens (primary N) is 1. The number of allylic oxidation sites excluding steroid dienone is 1. The molecule has 0 saturated heterocycles. The van der Waals surface area contributed by atoms with Crippen LogP contribution in [0.25, 0.3) is 0 Å². The summed E-state index contributed by atoms with van der Waals surface area (Å²) in [7, 11) is 0. The van der Waals surface area contributed by atoms with Gasteiger partial charge in [0.05, 0.1) is 0 Å². The number of rotatable bonds is 6. The molecule has 1 aromatic carbocycles. The minimum atomic E-state index is 0.254. The zero-order valence-electron chi connectivity index (χ0n) is 10.7. The van der Waals surface area contributed by atoms with E-state index in [1.807, 2.05) is 6.07 Å². The Hall–Kier alpha value is -0.640. The van der Waals surface area contributed by atoms with Gasteiger partial charge in [0.2, 0.25) is 0 Å². The first-order chi connectivity index (χ1) is 8.79. The standard InChI is InChI=1S/C15H21BrN2/c16-14-7-3-6-13(10-14)15(11-17)18-9-8-12-4-1-2-5-12/h3-4,6-7,10,15,18H,1-2,5,8-9,11,17H2. The van der Waals surface area contributed by atoms with Gasteiger partial charge in [-0.15, -0.1) is 0 Å². The number of hydrogen-bond acceptors (Lipinski definition) is 2. The Bertz CT molecular complexity index is 415. The van der Waals surface area contributed by atoms with Gasteiger partial charge >= 0.3 is 0 Å². The van der Waals surface area contributed by atoms with Crippen LogP contribution in [-0.4, -0.2) is 13.1 Å². The molecule has 98 valence electrons. The van der Waals surface area contributed by atoms with Gasteiger partial charge in [-0.2, -0.15) is 0 Å². The summed E-state index contributed by atoms with van der Waals surface area (Å²) in [5, 5.41) is 3.55. The van der Waals surface area contributed by atoms with Gasteiger partial charge in [-0.1, -0.05) is 39.7 Å². The first-order valence-corrected chi connectivity index (χ1v) is 7.45. The van der Waals surface area contributed by atoms with Crippen molar-refractivity contribution >= 4 is 15.9 Å². The van der Waals surface area contributed by atoms with Crippen LogP contribution < -0.4 is 11.1 Å². The smallest absolute Gasteiger partial charge is 0.0445 e. The lowest BCUT2D eigenvalue weighted by Gasteiger charge is -2.17. The molecule has 1 unspecified atom stereocenters. The quantitative estimate of drug-likeness (QED) is 0.789. The van der Waals surface area contributed by atoms with Crippen molar-refractivity contribution in [1.29, 1.82) is 0 Å². The minimum absolute atomic E-state index is 0.254. The van der Waals surface area contributed by atoms with E-state index in [0.717, 1.165) is 17.4 Å². The van der Waals surface area contributed by atoms with Crippen molar-refractivity contribution in [2.24, 2.45) is 5.73 Å². The predicted molar refractivity (Wildman–Crippen MR) is 80.5 cm³/mol. The minimum Gasteiger partial charge on any atom is -0.329 e. The molecule has 2 rings (SSSR count). The number of halogens is 1. The molecule has 0 bridgehead atoms. The van der Waals surface area contributed by atoms with Crippen molar-refractivity contribution in [3.63, 3.8) is 0 Å². The number of nitrogens with one attached hydrogen (secondary N) is 1. The van der Waals surface area contributed by atoms with Crippen LogP contribution in [0.1, 0.15) is 37.3 Å². The van der Waals surface area contributed by atoms with Crippen LogP contribution in [0.5, 0.6) is 0 Å². The fraction of sp³-hybridized carbons (Fsp3) is 0.467. The Labute approximate surface area is 118 Å². The molecule has 1 aliphatic carbocycles. The van der Waals surface area contributed by atoms with E-state index in [1.54, 1.807) is 5.57 Å². The molecular formula is C15H21BrN2. The van der Waals surface area contributed by atoms with Crippen LogP contribution in [0.3, 0.4) is 0 Å². The molecule has 2 nitrogen and oxygen atoms in total. The Morgan fingerprint density at radius 1 is 1.39 bits per heavy atom. The molecule has 0 heterocycles. The molecule has 3 N–H and O–H groups in total. The lowest BCUT2D eigenvalue weighted by atomic mass is 10.1.